The van der Waals surface area contributed by atoms with Gasteiger partial charge in [-0.15, -0.1) is 0 Å². The Hall–Kier alpha value is -0.610. The number of carboxylic acid groups (broad SMARTS) is 1. The summed E-state index contributed by atoms with van der Waals surface area (Å²) in [5, 5.41) is 21.5. The molecule has 1 aliphatic carbocycles. The van der Waals surface area contributed by atoms with Gasteiger partial charge in [-0.2, -0.15) is 0 Å². The quantitative estimate of drug-likeness (QED) is 0.665. The standard InChI is InChI=1S/C13H25NO3/c1-3-4-11-5-7-13(8-6-11,12(16)17)14-10(2)9-15/h10-11,14-15H,3-9H2,1-2H3,(H,16,17). The second-order valence-corrected chi connectivity index (χ2v) is 5.35. The predicted molar refractivity (Wildman–Crippen MR) is 66.9 cm³/mol. The molecule has 1 atom stereocenters. The lowest BCUT2D eigenvalue weighted by molar-refractivity contribution is -0.147. The first-order valence-electron chi connectivity index (χ1n) is 6.66. The SMILES string of the molecule is CCCC1CCC(NC(C)CO)(C(=O)O)CC1. The molecule has 0 aromatic rings. The van der Waals surface area contributed by atoms with Crippen LogP contribution in [0.4, 0.5) is 0 Å². The van der Waals surface area contributed by atoms with Gasteiger partial charge in [0, 0.05) is 6.04 Å². The number of aliphatic hydroxyl groups is 1. The van der Waals surface area contributed by atoms with Crippen molar-refractivity contribution in [2.24, 2.45) is 5.92 Å². The highest BCUT2D eigenvalue weighted by atomic mass is 16.4. The average Bonchev–Trinajstić information content (AvgIpc) is 2.31. The summed E-state index contributed by atoms with van der Waals surface area (Å²) >= 11 is 0. The molecule has 0 aliphatic heterocycles. The molecule has 1 saturated carbocycles. The van der Waals surface area contributed by atoms with Crippen molar-refractivity contribution >= 4 is 5.97 Å². The van der Waals surface area contributed by atoms with Gasteiger partial charge in [0.2, 0.25) is 0 Å². The normalized spacial score (nSPS) is 31.1. The third-order valence-electron chi connectivity index (χ3n) is 3.86. The van der Waals surface area contributed by atoms with Crippen LogP contribution >= 0.6 is 0 Å². The summed E-state index contributed by atoms with van der Waals surface area (Å²) < 4.78 is 0. The number of carboxylic acids is 1. The molecule has 0 bridgehead atoms. The molecule has 17 heavy (non-hydrogen) atoms. The molecule has 3 N–H and O–H groups in total. The first-order valence-corrected chi connectivity index (χ1v) is 6.66. The van der Waals surface area contributed by atoms with Crippen molar-refractivity contribution in [3.63, 3.8) is 0 Å². The maximum absolute atomic E-state index is 11.4. The number of nitrogens with one attached hydrogen (secondary N) is 1. The van der Waals surface area contributed by atoms with E-state index in [4.69, 9.17) is 5.11 Å². The van der Waals surface area contributed by atoms with Crippen molar-refractivity contribution in [2.75, 3.05) is 6.61 Å². The van der Waals surface area contributed by atoms with Gasteiger partial charge >= 0.3 is 5.97 Å². The Labute approximate surface area is 103 Å². The zero-order valence-electron chi connectivity index (χ0n) is 10.9. The van der Waals surface area contributed by atoms with Crippen molar-refractivity contribution < 1.29 is 15.0 Å². The monoisotopic (exact) mass is 243 g/mol. The van der Waals surface area contributed by atoms with Crippen LogP contribution in [-0.2, 0) is 4.79 Å². The molecule has 0 heterocycles. The summed E-state index contributed by atoms with van der Waals surface area (Å²) in [5.41, 5.74) is -0.813. The molecule has 100 valence electrons. The second kappa shape index (κ2) is 6.36. The van der Waals surface area contributed by atoms with Crippen LogP contribution in [0.15, 0.2) is 0 Å². The van der Waals surface area contributed by atoms with Crippen molar-refractivity contribution in [1.29, 1.82) is 0 Å². The Kier molecular flexibility index (Phi) is 5.40. The third-order valence-corrected chi connectivity index (χ3v) is 3.86. The highest BCUT2D eigenvalue weighted by Gasteiger charge is 2.42. The van der Waals surface area contributed by atoms with Crippen molar-refractivity contribution in [2.45, 2.75) is 64.0 Å². The van der Waals surface area contributed by atoms with E-state index in [9.17, 15) is 9.90 Å². The minimum absolute atomic E-state index is 0.0204. The zero-order chi connectivity index (χ0) is 12.9. The fourth-order valence-electron chi connectivity index (χ4n) is 2.80. The molecule has 1 fully saturated rings. The minimum Gasteiger partial charge on any atom is -0.480 e. The summed E-state index contributed by atoms with van der Waals surface area (Å²) in [4.78, 5) is 11.4. The van der Waals surface area contributed by atoms with Gasteiger partial charge in [0.15, 0.2) is 0 Å². The maximum Gasteiger partial charge on any atom is 0.323 e. The number of hydrogen-bond acceptors (Lipinski definition) is 3. The number of hydrogen-bond donors (Lipinski definition) is 3. The largest absolute Gasteiger partial charge is 0.480 e. The van der Waals surface area contributed by atoms with Crippen LogP contribution in [0.2, 0.25) is 0 Å². The second-order valence-electron chi connectivity index (χ2n) is 5.35. The van der Waals surface area contributed by atoms with Gasteiger partial charge in [-0.25, -0.2) is 0 Å². The molecule has 0 radical (unpaired) electrons. The lowest BCUT2D eigenvalue weighted by atomic mass is 9.75. The molecule has 0 amide bonds. The molecule has 0 aromatic carbocycles. The first-order chi connectivity index (χ1) is 8.04. The topological polar surface area (TPSA) is 69.6 Å². The van der Waals surface area contributed by atoms with Gasteiger partial charge in [0.05, 0.1) is 6.61 Å². The summed E-state index contributed by atoms with van der Waals surface area (Å²) in [5.74, 6) is -0.0912. The van der Waals surface area contributed by atoms with Crippen LogP contribution in [0.3, 0.4) is 0 Å². The Morgan fingerprint density at radius 3 is 2.47 bits per heavy atom. The zero-order valence-corrected chi connectivity index (χ0v) is 10.9. The van der Waals surface area contributed by atoms with Crippen molar-refractivity contribution in [1.82, 2.24) is 5.32 Å². The van der Waals surface area contributed by atoms with Crippen LogP contribution in [0.1, 0.15) is 52.4 Å². The molecular formula is C13H25NO3. The van der Waals surface area contributed by atoms with E-state index in [1.807, 2.05) is 6.92 Å². The third kappa shape index (κ3) is 3.68. The molecule has 0 spiro atoms. The number of carbonyl (C=O) groups is 1. The van der Waals surface area contributed by atoms with Gasteiger partial charge in [0.25, 0.3) is 0 Å². The lowest BCUT2D eigenvalue weighted by Gasteiger charge is -2.39. The smallest absolute Gasteiger partial charge is 0.323 e. The van der Waals surface area contributed by atoms with Crippen molar-refractivity contribution in [3.8, 4) is 0 Å². The van der Waals surface area contributed by atoms with E-state index in [0.29, 0.717) is 18.8 Å². The summed E-state index contributed by atoms with van der Waals surface area (Å²) in [6, 6.07) is -0.158. The minimum atomic E-state index is -0.813. The fraction of sp³-hybridized carbons (Fsp3) is 0.923. The summed E-state index contributed by atoms with van der Waals surface area (Å²) in [7, 11) is 0. The molecule has 4 nitrogen and oxygen atoms in total. The first kappa shape index (κ1) is 14.5. The lowest BCUT2D eigenvalue weighted by Crippen LogP contribution is -2.57. The average molecular weight is 243 g/mol. The van der Waals surface area contributed by atoms with Crippen LogP contribution in [0.25, 0.3) is 0 Å². The number of rotatable bonds is 6. The van der Waals surface area contributed by atoms with E-state index in [0.717, 1.165) is 12.8 Å². The molecule has 0 aromatic heterocycles. The van der Waals surface area contributed by atoms with Gasteiger partial charge in [-0.05, 0) is 38.5 Å². The summed E-state index contributed by atoms with van der Waals surface area (Å²) in [6.45, 7) is 3.97. The molecular weight excluding hydrogens is 218 g/mol. The number of aliphatic hydroxyl groups excluding tert-OH is 1. The van der Waals surface area contributed by atoms with E-state index in [2.05, 4.69) is 12.2 Å². The molecule has 1 unspecified atom stereocenters. The van der Waals surface area contributed by atoms with Gasteiger partial charge in [0.1, 0.15) is 5.54 Å². The van der Waals surface area contributed by atoms with E-state index in [-0.39, 0.29) is 12.6 Å². The van der Waals surface area contributed by atoms with E-state index in [1.54, 1.807) is 0 Å². The van der Waals surface area contributed by atoms with Crippen LogP contribution in [0, 0.1) is 5.92 Å². The molecule has 1 rings (SSSR count). The highest BCUT2D eigenvalue weighted by Crippen LogP contribution is 2.35. The highest BCUT2D eigenvalue weighted by molar-refractivity contribution is 5.79. The van der Waals surface area contributed by atoms with E-state index < -0.39 is 11.5 Å². The number of aliphatic carboxylic acids is 1. The van der Waals surface area contributed by atoms with Crippen LogP contribution in [0.5, 0.6) is 0 Å². The molecule has 0 saturated heterocycles. The van der Waals surface area contributed by atoms with E-state index in [1.165, 1.54) is 12.8 Å². The maximum atomic E-state index is 11.4. The Balaban J connectivity index is 2.60. The van der Waals surface area contributed by atoms with Gasteiger partial charge < -0.3 is 10.2 Å². The molecule has 1 aliphatic rings. The van der Waals surface area contributed by atoms with Crippen LogP contribution < -0.4 is 5.32 Å². The van der Waals surface area contributed by atoms with Crippen molar-refractivity contribution in [3.05, 3.63) is 0 Å². The Bertz CT molecular complexity index is 247. The Morgan fingerprint density at radius 2 is 2.06 bits per heavy atom. The van der Waals surface area contributed by atoms with Gasteiger partial charge in [-0.3, -0.25) is 10.1 Å². The molecule has 4 heteroatoms. The van der Waals surface area contributed by atoms with E-state index >= 15 is 0 Å². The Morgan fingerprint density at radius 1 is 1.47 bits per heavy atom. The van der Waals surface area contributed by atoms with Gasteiger partial charge in [-0.1, -0.05) is 19.8 Å². The fourth-order valence-corrected chi connectivity index (χ4v) is 2.80. The predicted octanol–water partition coefficient (Wildman–Crippen LogP) is 1.77. The van der Waals surface area contributed by atoms with Crippen LogP contribution in [-0.4, -0.2) is 34.4 Å². The summed E-state index contributed by atoms with van der Waals surface area (Å²) in [6.07, 6.45) is 5.68.